The van der Waals surface area contributed by atoms with Crippen LogP contribution in [0.5, 0.6) is 0 Å². The van der Waals surface area contributed by atoms with Crippen molar-refractivity contribution >= 4 is 17.4 Å². The third-order valence-corrected chi connectivity index (χ3v) is 5.24. The molecule has 0 radical (unpaired) electrons. The van der Waals surface area contributed by atoms with Crippen molar-refractivity contribution in [3.63, 3.8) is 0 Å². The van der Waals surface area contributed by atoms with Gasteiger partial charge in [-0.3, -0.25) is 9.05 Å². The summed E-state index contributed by atoms with van der Waals surface area (Å²) in [6.45, 7) is 5.34. The van der Waals surface area contributed by atoms with Gasteiger partial charge >= 0.3 is 7.60 Å². The number of benzene rings is 1. The second kappa shape index (κ2) is 7.05. The summed E-state index contributed by atoms with van der Waals surface area (Å²) in [6.07, 6.45) is 0. The van der Waals surface area contributed by atoms with E-state index in [0.29, 0.717) is 0 Å². The van der Waals surface area contributed by atoms with Gasteiger partial charge in [0, 0.05) is 10.9 Å². The van der Waals surface area contributed by atoms with Gasteiger partial charge in [-0.25, -0.2) is 13.0 Å². The zero-order valence-corrected chi connectivity index (χ0v) is 13.3. The fraction of sp³-hybridized carbons (Fsp3) is 0.385. The zero-order chi connectivity index (χ0) is 15.2. The minimum atomic E-state index is -3.84. The summed E-state index contributed by atoms with van der Waals surface area (Å²) >= 11 is 0. The van der Waals surface area contributed by atoms with Gasteiger partial charge in [-0.15, -0.1) is 0 Å². The Morgan fingerprint density at radius 2 is 1.60 bits per heavy atom. The molecule has 0 aliphatic heterocycles. The van der Waals surface area contributed by atoms with Crippen LogP contribution in [0.2, 0.25) is 0 Å². The predicted molar refractivity (Wildman–Crippen MR) is 77.0 cm³/mol. The maximum Gasteiger partial charge on any atom is 0.406 e. The van der Waals surface area contributed by atoms with Crippen molar-refractivity contribution in [2.45, 2.75) is 25.7 Å². The molecule has 0 aliphatic rings. The van der Waals surface area contributed by atoms with Gasteiger partial charge in [-0.2, -0.15) is 0 Å². The molecule has 1 aromatic carbocycles. The molecule has 0 N–H and O–H groups in total. The van der Waals surface area contributed by atoms with Crippen LogP contribution in [0.4, 0.5) is 0 Å². The molecule has 0 saturated heterocycles. The molecule has 0 spiro atoms. The zero-order valence-electron chi connectivity index (χ0n) is 11.6. The van der Waals surface area contributed by atoms with Crippen LogP contribution in [-0.2, 0) is 23.4 Å². The van der Waals surface area contributed by atoms with E-state index in [1.165, 1.54) is 12.1 Å². The SMILES string of the molecule is CCOP(=O)(C#CS(=O)(=O)c1ccc(C)cc1)OCC. The normalized spacial score (nSPS) is 11.8. The molecule has 0 aromatic heterocycles. The first kappa shape index (κ1) is 16.9. The molecule has 20 heavy (non-hydrogen) atoms. The van der Waals surface area contributed by atoms with Gasteiger partial charge < -0.3 is 0 Å². The van der Waals surface area contributed by atoms with Crippen LogP contribution in [0.3, 0.4) is 0 Å². The number of rotatable bonds is 5. The summed E-state index contributed by atoms with van der Waals surface area (Å²) in [4.78, 5) is 0.0511. The molecule has 0 heterocycles. The van der Waals surface area contributed by atoms with Crippen molar-refractivity contribution < 1.29 is 22.0 Å². The Morgan fingerprint density at radius 1 is 1.10 bits per heavy atom. The van der Waals surface area contributed by atoms with E-state index < -0.39 is 17.4 Å². The Bertz CT molecular complexity index is 642. The van der Waals surface area contributed by atoms with Crippen molar-refractivity contribution in [2.75, 3.05) is 13.2 Å². The fourth-order valence-electron chi connectivity index (χ4n) is 1.33. The highest BCUT2D eigenvalue weighted by Crippen LogP contribution is 2.46. The third-order valence-electron chi connectivity index (χ3n) is 2.25. The van der Waals surface area contributed by atoms with E-state index in [9.17, 15) is 13.0 Å². The van der Waals surface area contributed by atoms with Crippen molar-refractivity contribution in [1.29, 1.82) is 0 Å². The highest BCUT2D eigenvalue weighted by atomic mass is 32.2. The second-order valence-electron chi connectivity index (χ2n) is 3.86. The predicted octanol–water partition coefficient (Wildman–Crippen LogP) is 2.95. The van der Waals surface area contributed by atoms with E-state index >= 15 is 0 Å². The van der Waals surface area contributed by atoms with Crippen molar-refractivity contribution in [1.82, 2.24) is 0 Å². The summed E-state index contributed by atoms with van der Waals surface area (Å²) in [6, 6.07) is 6.23. The molecule has 0 amide bonds. The summed E-state index contributed by atoms with van der Waals surface area (Å²) in [7, 11) is -7.53. The maximum atomic E-state index is 12.1. The van der Waals surface area contributed by atoms with E-state index in [-0.39, 0.29) is 18.1 Å². The number of aryl methyl sites for hydroxylation is 1. The Hall–Kier alpha value is -1.12. The third kappa shape index (κ3) is 4.77. The van der Waals surface area contributed by atoms with Crippen molar-refractivity contribution in [3.05, 3.63) is 29.8 Å². The molecular formula is C13H17O5PS. The highest BCUT2D eigenvalue weighted by molar-refractivity contribution is 7.96. The van der Waals surface area contributed by atoms with Gasteiger partial charge in [-0.1, -0.05) is 17.7 Å². The lowest BCUT2D eigenvalue weighted by Crippen LogP contribution is -1.98. The standard InChI is InChI=1S/C13H17O5PS/c1-4-17-19(14,18-5-2)10-11-20(15,16)13-8-6-12(3)7-9-13/h6-9H,4-5H2,1-3H3. The summed E-state index contributed by atoms with van der Waals surface area (Å²) in [5.41, 5.74) is 3.06. The van der Waals surface area contributed by atoms with E-state index in [0.717, 1.165) is 5.56 Å². The maximum absolute atomic E-state index is 12.1. The van der Waals surface area contributed by atoms with Gasteiger partial charge in [0.15, 0.2) is 0 Å². The van der Waals surface area contributed by atoms with Crippen LogP contribution in [0, 0.1) is 17.8 Å². The van der Waals surface area contributed by atoms with Gasteiger partial charge in [0.05, 0.1) is 18.1 Å². The topological polar surface area (TPSA) is 69.7 Å². The number of hydrogen-bond acceptors (Lipinski definition) is 5. The molecule has 1 rings (SSSR count). The Morgan fingerprint density at radius 3 is 2.05 bits per heavy atom. The van der Waals surface area contributed by atoms with E-state index in [2.05, 4.69) is 5.66 Å². The van der Waals surface area contributed by atoms with Gasteiger partial charge in [-0.05, 0) is 32.9 Å². The average molecular weight is 316 g/mol. The van der Waals surface area contributed by atoms with Crippen molar-refractivity contribution in [3.8, 4) is 10.9 Å². The van der Waals surface area contributed by atoms with E-state index in [1.54, 1.807) is 26.0 Å². The van der Waals surface area contributed by atoms with E-state index in [1.807, 2.05) is 12.2 Å². The molecular weight excluding hydrogens is 299 g/mol. The molecule has 0 atom stereocenters. The van der Waals surface area contributed by atoms with E-state index in [4.69, 9.17) is 9.05 Å². The first-order valence-electron chi connectivity index (χ1n) is 6.08. The van der Waals surface area contributed by atoms with Gasteiger partial charge in [0.2, 0.25) is 9.84 Å². The largest absolute Gasteiger partial charge is 0.406 e. The first-order chi connectivity index (χ1) is 9.33. The van der Waals surface area contributed by atoms with Crippen LogP contribution < -0.4 is 0 Å². The average Bonchev–Trinajstić information content (AvgIpc) is 2.38. The Balaban J connectivity index is 3.10. The monoisotopic (exact) mass is 316 g/mol. The van der Waals surface area contributed by atoms with Crippen LogP contribution in [-0.4, -0.2) is 21.6 Å². The molecule has 0 fully saturated rings. The summed E-state index contributed by atoms with van der Waals surface area (Å²) < 4.78 is 45.9. The lowest BCUT2D eigenvalue weighted by molar-refractivity contribution is 0.230. The second-order valence-corrected chi connectivity index (χ2v) is 7.28. The lowest BCUT2D eigenvalue weighted by Gasteiger charge is -2.09. The molecule has 0 unspecified atom stereocenters. The molecule has 0 aliphatic carbocycles. The van der Waals surface area contributed by atoms with Crippen molar-refractivity contribution in [2.24, 2.45) is 0 Å². The molecule has 5 nitrogen and oxygen atoms in total. The molecule has 1 aromatic rings. The number of sulfone groups is 1. The first-order valence-corrected chi connectivity index (χ1v) is 9.10. The Labute approximate surface area is 119 Å². The fourth-order valence-corrected chi connectivity index (χ4v) is 3.76. The van der Waals surface area contributed by atoms with Gasteiger partial charge in [0.25, 0.3) is 0 Å². The van der Waals surface area contributed by atoms with Crippen LogP contribution >= 0.6 is 7.60 Å². The smallest absolute Gasteiger partial charge is 0.300 e. The van der Waals surface area contributed by atoms with Gasteiger partial charge in [0.1, 0.15) is 0 Å². The highest BCUT2D eigenvalue weighted by Gasteiger charge is 2.21. The molecule has 7 heteroatoms. The quantitative estimate of drug-likeness (QED) is 0.617. The molecule has 110 valence electrons. The molecule has 0 bridgehead atoms. The van der Waals surface area contributed by atoms with Crippen LogP contribution in [0.25, 0.3) is 0 Å². The Kier molecular flexibility index (Phi) is 5.97. The summed E-state index contributed by atoms with van der Waals surface area (Å²) in [5, 5.41) is 2.01. The summed E-state index contributed by atoms with van der Waals surface area (Å²) in [5.74, 6) is 0. The minimum Gasteiger partial charge on any atom is -0.300 e. The van der Waals surface area contributed by atoms with Crippen LogP contribution in [0.15, 0.2) is 29.2 Å². The van der Waals surface area contributed by atoms with Crippen LogP contribution in [0.1, 0.15) is 19.4 Å². The lowest BCUT2D eigenvalue weighted by atomic mass is 10.2. The minimum absolute atomic E-state index is 0.0511. The number of hydrogen-bond donors (Lipinski definition) is 0. The molecule has 0 saturated carbocycles.